The number of aliphatic hydroxyl groups is 1. The van der Waals surface area contributed by atoms with E-state index >= 15 is 0 Å². The molecule has 0 aliphatic rings. The van der Waals surface area contributed by atoms with E-state index in [9.17, 15) is 23.9 Å². The Morgan fingerprint density at radius 1 is 1.05 bits per heavy atom. The van der Waals surface area contributed by atoms with E-state index in [1.807, 2.05) is 34.6 Å². The van der Waals surface area contributed by atoms with Crippen molar-refractivity contribution in [3.63, 3.8) is 0 Å². The average Bonchev–Trinajstić information content (AvgIpc) is 2.87. The van der Waals surface area contributed by atoms with Crippen molar-refractivity contribution >= 4 is 23.8 Å². The van der Waals surface area contributed by atoms with E-state index in [1.54, 1.807) is 32.1 Å². The van der Waals surface area contributed by atoms with Crippen LogP contribution in [-0.2, 0) is 19.1 Å². The van der Waals surface area contributed by atoms with Gasteiger partial charge in [-0.15, -0.1) is 0 Å². The molecular weight excluding hydrogens is 501 g/mol. The van der Waals surface area contributed by atoms with E-state index in [4.69, 9.17) is 9.72 Å². The molecule has 1 heterocycles. The Bertz CT molecular complexity index is 1210. The molecule has 2 aromatic rings. The SMILES string of the molecule is CCC(C)(C)C(=O)Oc1c(C(C)C)nc(C(C)C)c(/C=C/C(O)CC(=O)CC(=O)OC)c1-c1ccc(F)cc1. The Balaban J connectivity index is 2.79. The van der Waals surface area contributed by atoms with Crippen LogP contribution in [0.15, 0.2) is 30.3 Å². The quantitative estimate of drug-likeness (QED) is 0.246. The van der Waals surface area contributed by atoms with Gasteiger partial charge in [-0.05, 0) is 49.8 Å². The van der Waals surface area contributed by atoms with Crippen LogP contribution in [-0.4, -0.2) is 41.0 Å². The highest BCUT2D eigenvalue weighted by molar-refractivity contribution is 5.96. The highest BCUT2D eigenvalue weighted by atomic mass is 19.1. The van der Waals surface area contributed by atoms with Crippen molar-refractivity contribution in [3.05, 3.63) is 53.1 Å². The molecule has 1 unspecified atom stereocenters. The van der Waals surface area contributed by atoms with E-state index in [0.717, 1.165) is 0 Å². The first-order valence-electron chi connectivity index (χ1n) is 13.2. The molecule has 0 saturated heterocycles. The van der Waals surface area contributed by atoms with Crippen molar-refractivity contribution in [1.82, 2.24) is 4.98 Å². The number of pyridine rings is 1. The number of carbonyl (C=O) groups excluding carboxylic acids is 3. The molecule has 1 aromatic heterocycles. The predicted molar refractivity (Wildman–Crippen MR) is 149 cm³/mol. The fraction of sp³-hybridized carbons (Fsp3) is 0.484. The number of nitrogens with zero attached hydrogens (tertiary/aromatic N) is 1. The molecular formula is C31H40FNO6. The molecule has 0 spiro atoms. The summed E-state index contributed by atoms with van der Waals surface area (Å²) in [6.45, 7) is 13.4. The summed E-state index contributed by atoms with van der Waals surface area (Å²) in [5.41, 5.74) is 2.26. The summed E-state index contributed by atoms with van der Waals surface area (Å²) >= 11 is 0. The van der Waals surface area contributed by atoms with Crippen molar-refractivity contribution in [2.45, 2.75) is 85.7 Å². The molecule has 0 amide bonds. The van der Waals surface area contributed by atoms with Crippen LogP contribution < -0.4 is 4.74 Å². The van der Waals surface area contributed by atoms with Crippen LogP contribution in [0.5, 0.6) is 5.75 Å². The van der Waals surface area contributed by atoms with Gasteiger partial charge in [-0.25, -0.2) is 4.39 Å². The molecule has 0 fully saturated rings. The Labute approximate surface area is 230 Å². The Morgan fingerprint density at radius 2 is 1.64 bits per heavy atom. The van der Waals surface area contributed by atoms with Crippen LogP contribution in [0, 0.1) is 11.2 Å². The topological polar surface area (TPSA) is 103 Å². The van der Waals surface area contributed by atoms with Crippen molar-refractivity contribution in [1.29, 1.82) is 0 Å². The molecule has 0 aliphatic heterocycles. The molecule has 1 aromatic carbocycles. The molecule has 2 rings (SSSR count). The van der Waals surface area contributed by atoms with Gasteiger partial charge < -0.3 is 14.6 Å². The van der Waals surface area contributed by atoms with Crippen LogP contribution in [0.2, 0.25) is 0 Å². The lowest BCUT2D eigenvalue weighted by molar-refractivity contribution is -0.145. The van der Waals surface area contributed by atoms with E-state index in [2.05, 4.69) is 4.74 Å². The van der Waals surface area contributed by atoms with E-state index in [1.165, 1.54) is 25.3 Å². The van der Waals surface area contributed by atoms with Crippen molar-refractivity contribution in [2.24, 2.45) is 5.41 Å². The first-order chi connectivity index (χ1) is 18.2. The number of carbonyl (C=O) groups is 3. The average molecular weight is 542 g/mol. The van der Waals surface area contributed by atoms with Gasteiger partial charge in [0.15, 0.2) is 5.75 Å². The fourth-order valence-electron chi connectivity index (χ4n) is 3.81. The van der Waals surface area contributed by atoms with Crippen molar-refractivity contribution < 1.29 is 33.4 Å². The summed E-state index contributed by atoms with van der Waals surface area (Å²) < 4.78 is 24.5. The van der Waals surface area contributed by atoms with Crippen LogP contribution in [0.4, 0.5) is 4.39 Å². The summed E-state index contributed by atoms with van der Waals surface area (Å²) in [5.74, 6) is -1.85. The van der Waals surface area contributed by atoms with Gasteiger partial charge in [-0.3, -0.25) is 19.4 Å². The minimum Gasteiger partial charge on any atom is -0.469 e. The normalized spacial score (nSPS) is 12.7. The number of halogens is 1. The standard InChI is InChI=1S/C31H40FNO6/c1-9-31(6,7)30(37)39-29-26(20-10-12-21(32)13-11-20)24(27(18(2)3)33-28(29)19(4)5)15-14-22(34)16-23(35)17-25(36)38-8/h10-15,18-19,22,34H,9,16-17H2,1-8H3/b15-14+. The largest absolute Gasteiger partial charge is 0.469 e. The third kappa shape index (κ3) is 8.30. The lowest BCUT2D eigenvalue weighted by Gasteiger charge is -2.26. The number of aliphatic hydroxyl groups excluding tert-OH is 1. The fourth-order valence-corrected chi connectivity index (χ4v) is 3.81. The van der Waals surface area contributed by atoms with Crippen molar-refractivity contribution in [2.75, 3.05) is 7.11 Å². The summed E-state index contributed by atoms with van der Waals surface area (Å²) in [6.07, 6.45) is 1.75. The second-order valence-corrected chi connectivity index (χ2v) is 10.9. The summed E-state index contributed by atoms with van der Waals surface area (Å²) in [5, 5.41) is 10.6. The van der Waals surface area contributed by atoms with Gasteiger partial charge in [0.05, 0.1) is 30.0 Å². The number of rotatable bonds is 12. The second-order valence-electron chi connectivity index (χ2n) is 10.9. The molecule has 1 N–H and O–H groups in total. The molecule has 0 bridgehead atoms. The molecule has 212 valence electrons. The summed E-state index contributed by atoms with van der Waals surface area (Å²) in [6, 6.07) is 5.87. The van der Waals surface area contributed by atoms with Gasteiger partial charge in [0.25, 0.3) is 0 Å². The third-order valence-corrected chi connectivity index (χ3v) is 6.59. The molecule has 8 heteroatoms. The van der Waals surface area contributed by atoms with Crippen LogP contribution in [0.3, 0.4) is 0 Å². The van der Waals surface area contributed by atoms with Crippen LogP contribution in [0.1, 0.15) is 96.5 Å². The maximum Gasteiger partial charge on any atom is 0.316 e. The molecule has 39 heavy (non-hydrogen) atoms. The highest BCUT2D eigenvalue weighted by Gasteiger charge is 2.32. The number of methoxy groups -OCH3 is 1. The summed E-state index contributed by atoms with van der Waals surface area (Å²) in [4.78, 5) is 41.7. The minimum absolute atomic E-state index is 0.0590. The number of Topliss-reactive ketones (excluding diaryl/α,β-unsaturated/α-hetero) is 1. The predicted octanol–water partition coefficient (Wildman–Crippen LogP) is 6.37. The number of aromatic nitrogens is 1. The minimum atomic E-state index is -1.18. The van der Waals surface area contributed by atoms with Gasteiger partial charge in [-0.1, -0.05) is 58.9 Å². The van der Waals surface area contributed by atoms with E-state index < -0.39 is 41.5 Å². The third-order valence-electron chi connectivity index (χ3n) is 6.59. The number of esters is 2. The van der Waals surface area contributed by atoms with E-state index in [-0.39, 0.29) is 24.0 Å². The van der Waals surface area contributed by atoms with Gasteiger partial charge in [0.1, 0.15) is 18.0 Å². The first kappa shape index (κ1) is 31.8. The van der Waals surface area contributed by atoms with Gasteiger partial charge >= 0.3 is 11.9 Å². The Morgan fingerprint density at radius 3 is 2.15 bits per heavy atom. The van der Waals surface area contributed by atoms with E-state index in [0.29, 0.717) is 34.5 Å². The Hall–Kier alpha value is -3.39. The molecule has 7 nitrogen and oxygen atoms in total. The zero-order chi connectivity index (χ0) is 29.5. The zero-order valence-electron chi connectivity index (χ0n) is 24.1. The monoisotopic (exact) mass is 541 g/mol. The molecule has 0 aliphatic carbocycles. The van der Waals surface area contributed by atoms with Crippen LogP contribution >= 0.6 is 0 Å². The number of ketones is 1. The Kier molecular flexibility index (Phi) is 11.1. The number of benzene rings is 1. The lowest BCUT2D eigenvalue weighted by Crippen LogP contribution is -2.29. The maximum atomic E-state index is 13.9. The smallest absolute Gasteiger partial charge is 0.316 e. The zero-order valence-corrected chi connectivity index (χ0v) is 24.1. The van der Waals surface area contributed by atoms with Crippen molar-refractivity contribution in [3.8, 4) is 16.9 Å². The number of hydrogen-bond acceptors (Lipinski definition) is 7. The molecule has 0 saturated carbocycles. The lowest BCUT2D eigenvalue weighted by atomic mass is 9.89. The number of ether oxygens (including phenoxy) is 2. The maximum absolute atomic E-state index is 13.9. The first-order valence-corrected chi connectivity index (χ1v) is 13.2. The summed E-state index contributed by atoms with van der Waals surface area (Å²) in [7, 11) is 1.19. The second kappa shape index (κ2) is 13.6. The van der Waals surface area contributed by atoms with Gasteiger partial charge in [0.2, 0.25) is 0 Å². The molecule has 0 radical (unpaired) electrons. The van der Waals surface area contributed by atoms with Gasteiger partial charge in [-0.2, -0.15) is 0 Å². The van der Waals surface area contributed by atoms with Crippen LogP contribution in [0.25, 0.3) is 17.2 Å². The highest BCUT2D eigenvalue weighted by Crippen LogP contribution is 2.43. The molecule has 1 atom stereocenters. The van der Waals surface area contributed by atoms with Gasteiger partial charge in [0, 0.05) is 17.5 Å². The number of hydrogen-bond donors (Lipinski definition) is 1.